The van der Waals surface area contributed by atoms with Crippen molar-refractivity contribution >= 4 is 29.8 Å². The number of carbonyl (C=O) groups is 5. The van der Waals surface area contributed by atoms with Crippen molar-refractivity contribution in [2.45, 2.75) is 34.6 Å². The Morgan fingerprint density at radius 2 is 0.500 bits per heavy atom. The van der Waals surface area contributed by atoms with Crippen molar-refractivity contribution < 1.29 is 111 Å². The van der Waals surface area contributed by atoms with Crippen LogP contribution in [-0.2, 0) is 85.2 Å². The average molecular weight is 660 g/mol. The van der Waals surface area contributed by atoms with Gasteiger partial charge in [0.1, 0.15) is 0 Å². The van der Waals surface area contributed by atoms with Crippen LogP contribution in [0.5, 0.6) is 0 Å². The maximum absolute atomic E-state index is 8.89. The van der Waals surface area contributed by atoms with Gasteiger partial charge in [0, 0.05) is 29.8 Å². The second kappa shape index (κ2) is 56.5. The number of rotatable bonds is 0. The fourth-order valence-electron chi connectivity index (χ4n) is 0. The Labute approximate surface area is 190 Å². The van der Waals surface area contributed by atoms with Gasteiger partial charge in [0.05, 0.1) is 0 Å². The van der Waals surface area contributed by atoms with E-state index in [0.29, 0.717) is 0 Å². The van der Waals surface area contributed by atoms with Crippen molar-refractivity contribution in [3.63, 3.8) is 0 Å². The number of carbonyl (C=O) groups excluding carboxylic acids is 5. The molecule has 0 radical (unpaired) electrons. The maximum atomic E-state index is 8.89. The van der Waals surface area contributed by atoms with E-state index >= 15 is 0 Å². The van der Waals surface area contributed by atoms with E-state index in [1.54, 1.807) is 0 Å². The Balaban J connectivity index is -0.0000000187. The van der Waals surface area contributed by atoms with Gasteiger partial charge in [-0.25, -0.2) is 0 Å². The van der Waals surface area contributed by atoms with Crippen LogP contribution in [0, 0.1) is 10.1 Å². The fraction of sp³-hybridized carbons (Fsp3) is 0.500. The monoisotopic (exact) mass is 659 g/mol. The molecule has 0 saturated carbocycles. The third-order valence-electron chi connectivity index (χ3n) is 0. The second-order valence-corrected chi connectivity index (χ2v) is 2.53. The van der Waals surface area contributed by atoms with Gasteiger partial charge >= 0.3 is 61.3 Å². The van der Waals surface area contributed by atoms with Crippen LogP contribution in [0.25, 0.3) is 0 Å². The van der Waals surface area contributed by atoms with E-state index in [-0.39, 0.29) is 61.3 Å². The minimum Gasteiger partial charge on any atom is -0.550 e. The van der Waals surface area contributed by atoms with Crippen LogP contribution in [0.4, 0.5) is 0 Å². The fourth-order valence-corrected chi connectivity index (χ4v) is 0. The Morgan fingerprint density at radius 1 is 0.500 bits per heavy atom. The number of hydrogen-bond donors (Lipinski definition) is 0. The molecule has 0 aliphatic rings. The minimum absolute atomic E-state index is 0. The predicted octanol–water partition coefficient (Wildman–Crippen LogP) is -5.98. The van der Waals surface area contributed by atoms with Crippen molar-refractivity contribution in [1.29, 1.82) is 0 Å². The topological polar surface area (TPSA) is 253 Å². The minimum atomic E-state index is -1.08. The molecule has 0 N–H and O–H groups in total. The maximum Gasteiger partial charge on any atom is 2.00 e. The summed E-state index contributed by atoms with van der Waals surface area (Å²) in [6.45, 7) is 4.86. The van der Waals surface area contributed by atoms with Gasteiger partial charge in [0.15, 0.2) is 0 Å². The van der Waals surface area contributed by atoms with Crippen LogP contribution in [0.3, 0.4) is 0 Å². The zero-order valence-corrected chi connectivity index (χ0v) is 18.5. The Bertz CT molecular complexity index is 262. The second-order valence-electron chi connectivity index (χ2n) is 2.53. The molecule has 0 aromatic rings. The van der Waals surface area contributed by atoms with E-state index in [1.165, 1.54) is 0 Å². The van der Waals surface area contributed by atoms with Gasteiger partial charge in [-0.1, -0.05) is 0 Å². The molecule has 0 spiro atoms. The van der Waals surface area contributed by atoms with Gasteiger partial charge in [-0.15, -0.1) is 5.34 Å². The van der Waals surface area contributed by atoms with Crippen LogP contribution in [0.1, 0.15) is 34.6 Å². The van der Waals surface area contributed by atoms with E-state index in [0.717, 1.165) is 40.0 Å². The molecule has 26 heavy (non-hydrogen) atoms. The van der Waals surface area contributed by atoms with Crippen molar-refractivity contribution in [2.24, 2.45) is 5.34 Å². The van der Waals surface area contributed by atoms with E-state index in [2.05, 4.69) is 0 Å². The molecule has 16 heteroatoms. The van der Waals surface area contributed by atoms with Crippen LogP contribution >= 0.6 is 0 Å². The summed E-state index contributed by atoms with van der Waals surface area (Å²) < 4.78 is 0. The molecule has 0 unspecified atom stereocenters. The smallest absolute Gasteiger partial charge is 0.550 e. The quantitative estimate of drug-likeness (QED) is 0.134. The molecule has 0 atom stereocenters. The van der Waals surface area contributed by atoms with E-state index in [9.17, 15) is 0 Å². The molecule has 0 aromatic carbocycles. The molecule has 0 bridgehead atoms. The third-order valence-corrected chi connectivity index (χ3v) is 0. The summed E-state index contributed by atoms with van der Waals surface area (Å²) >= 11 is 0. The summed E-state index contributed by atoms with van der Waals surface area (Å²) in [5.41, 5.74) is 0. The molecular weight excluding hydrogens is 645 g/mol. The van der Waals surface area contributed by atoms with Gasteiger partial charge in [-0.05, 0) is 34.6 Å². The normalized spacial score (nSPS) is 5.27. The molecule has 0 saturated heterocycles. The number of carboxylic acid groups (broad SMARTS) is 5. The first-order valence-corrected chi connectivity index (χ1v) is 4.91. The van der Waals surface area contributed by atoms with Gasteiger partial charge in [0.25, 0.3) is 0 Å². The van der Waals surface area contributed by atoms with Crippen LogP contribution < -0.4 is 25.5 Å². The summed E-state index contributed by atoms with van der Waals surface area (Å²) in [5, 5.41) is 53.4. The Morgan fingerprint density at radius 3 is 0.500 bits per heavy atom. The molecule has 0 aliphatic carbocycles. The molecule has 0 aromatic heterocycles. The SMILES string of the molecule is CC(=O)[O-].CC(=O)[O-].CC(=O)[O-].CC(=O)[O-].CC(=O)[O-].O=N[O-].[Pd+2].[Pd+2].[Pd+2]. The first-order valence-electron chi connectivity index (χ1n) is 4.91. The molecule has 0 rings (SSSR count). The number of hydrogen-bond acceptors (Lipinski definition) is 13. The molecule has 0 aliphatic heterocycles. The molecule has 0 fully saturated rings. The summed E-state index contributed by atoms with van der Waals surface area (Å²) in [6, 6.07) is 0. The molecule has 0 heterocycles. The standard InChI is InChI=1S/5C2H4O2.HNO2.3Pd/c5*1-2(3)4;2-1-3;;;/h5*1H3,(H,3,4);(H,2,3);;;/q;;;;;;3*+2/p-6. The third kappa shape index (κ3) is 6730. The van der Waals surface area contributed by atoms with Crippen molar-refractivity contribution in [2.75, 3.05) is 0 Å². The van der Waals surface area contributed by atoms with Gasteiger partial charge < -0.3 is 59.6 Å². The average Bonchev–Trinajstić information content (AvgIpc) is 2.11. The zero-order chi connectivity index (χ0) is 20.6. The van der Waals surface area contributed by atoms with Crippen LogP contribution in [0.2, 0.25) is 0 Å². The van der Waals surface area contributed by atoms with E-state index in [4.69, 9.17) is 59.6 Å². The summed E-state index contributed by atoms with van der Waals surface area (Å²) in [7, 11) is 0. The molecule has 162 valence electrons. The summed E-state index contributed by atoms with van der Waals surface area (Å²) in [4.78, 5) is 52.4. The summed E-state index contributed by atoms with van der Waals surface area (Å²) in [6.07, 6.45) is 0. The first-order chi connectivity index (χ1) is 10.1. The molecular formula is C10H15NO12Pd3. The van der Waals surface area contributed by atoms with Gasteiger partial charge in [0.2, 0.25) is 0 Å². The van der Waals surface area contributed by atoms with Crippen molar-refractivity contribution in [3.8, 4) is 0 Å². The van der Waals surface area contributed by atoms with Gasteiger partial charge in [-0.3, -0.25) is 0 Å². The molecule has 13 nitrogen and oxygen atoms in total. The van der Waals surface area contributed by atoms with E-state index in [1.807, 2.05) is 0 Å². The van der Waals surface area contributed by atoms with Gasteiger partial charge in [-0.2, -0.15) is 0 Å². The zero-order valence-electron chi connectivity index (χ0n) is 13.8. The Hall–Kier alpha value is -1.26. The summed E-state index contributed by atoms with van der Waals surface area (Å²) in [5.74, 6) is -5.42. The van der Waals surface area contributed by atoms with Crippen molar-refractivity contribution in [1.82, 2.24) is 0 Å². The Kier molecular flexibility index (Phi) is 122. The largest absolute Gasteiger partial charge is 2.00 e. The predicted molar refractivity (Wildman–Crippen MR) is 62.6 cm³/mol. The van der Waals surface area contributed by atoms with E-state index < -0.39 is 29.8 Å². The van der Waals surface area contributed by atoms with Crippen LogP contribution in [0.15, 0.2) is 5.34 Å². The molecule has 0 amide bonds. The van der Waals surface area contributed by atoms with Crippen LogP contribution in [-0.4, -0.2) is 29.8 Å². The number of carboxylic acids is 5. The van der Waals surface area contributed by atoms with Crippen molar-refractivity contribution in [3.05, 3.63) is 10.1 Å². The first kappa shape index (κ1) is 56.3. The number of nitrogens with zero attached hydrogens (tertiary/aromatic N) is 1. The number of aliphatic carboxylic acids is 5.